The van der Waals surface area contributed by atoms with E-state index in [1.54, 1.807) is 18.5 Å². The van der Waals surface area contributed by atoms with Crippen LogP contribution in [-0.4, -0.2) is 32.0 Å². The van der Waals surface area contributed by atoms with Crippen molar-refractivity contribution in [2.24, 2.45) is 0 Å². The molecule has 25 heavy (non-hydrogen) atoms. The Morgan fingerprint density at radius 3 is 2.68 bits per heavy atom. The molecular formula is C18H19N5O2. The molecule has 0 atom stereocenters. The highest BCUT2D eigenvalue weighted by Crippen LogP contribution is 2.16. The lowest BCUT2D eigenvalue weighted by Crippen LogP contribution is -2.21. The van der Waals surface area contributed by atoms with E-state index in [0.717, 1.165) is 11.4 Å². The maximum absolute atomic E-state index is 12.1. The number of carbonyl (C=O) groups excluding carboxylic acids is 1. The standard InChI is InChI=1S/C18H19N5O2/c1-12-4-5-15(8-13(12)2)25-10-18(24)22-16-9-17(21-11-20-16)23-7-6-19-14(23)3/h4-9,11H,10H2,1-3H3,(H,20,21,22,24). The van der Waals surface area contributed by atoms with Crippen LogP contribution >= 0.6 is 0 Å². The van der Waals surface area contributed by atoms with Crippen LogP contribution in [0.1, 0.15) is 17.0 Å². The zero-order valence-electron chi connectivity index (χ0n) is 14.4. The SMILES string of the molecule is Cc1ccc(OCC(=O)Nc2cc(-n3ccnc3C)ncn2)cc1C. The second-order valence-electron chi connectivity index (χ2n) is 5.69. The summed E-state index contributed by atoms with van der Waals surface area (Å²) in [6.07, 6.45) is 4.88. The molecule has 0 unspecified atom stereocenters. The summed E-state index contributed by atoms with van der Waals surface area (Å²) in [5.74, 6) is 2.22. The highest BCUT2D eigenvalue weighted by Gasteiger charge is 2.08. The second-order valence-corrected chi connectivity index (χ2v) is 5.69. The van der Waals surface area contributed by atoms with Crippen molar-refractivity contribution in [2.45, 2.75) is 20.8 Å². The Morgan fingerprint density at radius 1 is 1.12 bits per heavy atom. The molecule has 0 saturated heterocycles. The van der Waals surface area contributed by atoms with Crippen molar-refractivity contribution in [3.05, 3.63) is 59.9 Å². The van der Waals surface area contributed by atoms with Crippen LogP contribution in [0.5, 0.6) is 5.75 Å². The number of hydrogen-bond donors (Lipinski definition) is 1. The number of anilines is 1. The van der Waals surface area contributed by atoms with Crippen molar-refractivity contribution < 1.29 is 9.53 Å². The first kappa shape index (κ1) is 16.6. The first-order valence-corrected chi connectivity index (χ1v) is 7.85. The minimum Gasteiger partial charge on any atom is -0.484 e. The molecule has 3 aromatic rings. The molecule has 0 fully saturated rings. The third-order valence-corrected chi connectivity index (χ3v) is 3.84. The van der Waals surface area contributed by atoms with Gasteiger partial charge >= 0.3 is 0 Å². The lowest BCUT2D eigenvalue weighted by atomic mass is 10.1. The highest BCUT2D eigenvalue weighted by atomic mass is 16.5. The molecule has 0 bridgehead atoms. The quantitative estimate of drug-likeness (QED) is 0.774. The Labute approximate surface area is 145 Å². The van der Waals surface area contributed by atoms with Gasteiger partial charge in [-0.15, -0.1) is 0 Å². The number of nitrogens with zero attached hydrogens (tertiary/aromatic N) is 4. The number of amides is 1. The molecule has 7 heteroatoms. The number of aryl methyl sites for hydroxylation is 3. The molecule has 3 rings (SSSR count). The molecule has 7 nitrogen and oxygen atoms in total. The predicted octanol–water partition coefficient (Wildman–Crippen LogP) is 2.61. The van der Waals surface area contributed by atoms with Crippen molar-refractivity contribution in [3.8, 4) is 11.6 Å². The number of hydrogen-bond acceptors (Lipinski definition) is 5. The zero-order valence-corrected chi connectivity index (χ0v) is 14.4. The number of aromatic nitrogens is 4. The van der Waals surface area contributed by atoms with Crippen molar-refractivity contribution >= 4 is 11.7 Å². The Bertz CT molecular complexity index is 904. The summed E-state index contributed by atoms with van der Waals surface area (Å²) in [6.45, 7) is 5.81. The summed E-state index contributed by atoms with van der Waals surface area (Å²) >= 11 is 0. The monoisotopic (exact) mass is 337 g/mol. The fourth-order valence-corrected chi connectivity index (χ4v) is 2.30. The third-order valence-electron chi connectivity index (χ3n) is 3.84. The maximum Gasteiger partial charge on any atom is 0.263 e. The normalized spacial score (nSPS) is 10.5. The Balaban J connectivity index is 1.63. The van der Waals surface area contributed by atoms with Gasteiger partial charge in [0.2, 0.25) is 0 Å². The molecule has 0 saturated carbocycles. The summed E-state index contributed by atoms with van der Waals surface area (Å²) < 4.78 is 7.34. The lowest BCUT2D eigenvalue weighted by Gasteiger charge is -2.09. The molecule has 0 radical (unpaired) electrons. The van der Waals surface area contributed by atoms with E-state index in [-0.39, 0.29) is 12.5 Å². The molecule has 2 heterocycles. The Hall–Kier alpha value is -3.22. The van der Waals surface area contributed by atoms with E-state index in [0.29, 0.717) is 17.4 Å². The minimum atomic E-state index is -0.287. The van der Waals surface area contributed by atoms with Gasteiger partial charge in [-0.05, 0) is 44.0 Å². The number of ether oxygens (including phenoxy) is 1. The third kappa shape index (κ3) is 4.00. The van der Waals surface area contributed by atoms with Gasteiger partial charge in [0, 0.05) is 18.5 Å². The van der Waals surface area contributed by atoms with Crippen LogP contribution < -0.4 is 10.1 Å². The average Bonchev–Trinajstić information content (AvgIpc) is 3.02. The van der Waals surface area contributed by atoms with Crippen LogP contribution in [-0.2, 0) is 4.79 Å². The molecule has 1 N–H and O–H groups in total. The average molecular weight is 337 g/mol. The highest BCUT2D eigenvalue weighted by molar-refractivity contribution is 5.91. The van der Waals surface area contributed by atoms with Crippen LogP contribution in [0, 0.1) is 20.8 Å². The summed E-state index contributed by atoms with van der Waals surface area (Å²) in [4.78, 5) is 24.5. The van der Waals surface area contributed by atoms with Gasteiger partial charge in [0.15, 0.2) is 6.61 Å². The van der Waals surface area contributed by atoms with Crippen LogP contribution in [0.25, 0.3) is 5.82 Å². The van der Waals surface area contributed by atoms with Gasteiger partial charge < -0.3 is 10.1 Å². The van der Waals surface area contributed by atoms with Crippen LogP contribution in [0.15, 0.2) is 43.0 Å². The van der Waals surface area contributed by atoms with Gasteiger partial charge in [-0.3, -0.25) is 9.36 Å². The van der Waals surface area contributed by atoms with Crippen molar-refractivity contribution in [1.82, 2.24) is 19.5 Å². The Morgan fingerprint density at radius 2 is 1.96 bits per heavy atom. The van der Waals surface area contributed by atoms with E-state index in [1.807, 2.05) is 43.5 Å². The summed E-state index contributed by atoms with van der Waals surface area (Å²) in [7, 11) is 0. The summed E-state index contributed by atoms with van der Waals surface area (Å²) in [5.41, 5.74) is 2.30. The van der Waals surface area contributed by atoms with Gasteiger partial charge in [0.05, 0.1) is 0 Å². The van der Waals surface area contributed by atoms with Crippen LogP contribution in [0.4, 0.5) is 5.82 Å². The Kier molecular flexibility index (Phi) is 4.74. The number of benzene rings is 1. The molecule has 128 valence electrons. The molecule has 2 aromatic heterocycles. The van der Waals surface area contributed by atoms with E-state index in [4.69, 9.17) is 4.74 Å². The molecule has 0 spiro atoms. The molecule has 0 aliphatic rings. The first-order chi connectivity index (χ1) is 12.0. The number of carbonyl (C=O) groups is 1. The number of nitrogens with one attached hydrogen (secondary N) is 1. The molecule has 1 aromatic carbocycles. The van der Waals surface area contributed by atoms with Crippen LogP contribution in [0.3, 0.4) is 0 Å². The van der Waals surface area contributed by atoms with E-state index < -0.39 is 0 Å². The van der Waals surface area contributed by atoms with Crippen LogP contribution in [0.2, 0.25) is 0 Å². The van der Waals surface area contributed by atoms with Crippen molar-refractivity contribution in [1.29, 1.82) is 0 Å². The number of rotatable bonds is 5. The molecule has 0 aliphatic carbocycles. The number of imidazole rings is 1. The summed E-state index contributed by atoms with van der Waals surface area (Å²) in [5, 5.41) is 2.71. The lowest BCUT2D eigenvalue weighted by molar-refractivity contribution is -0.118. The fourth-order valence-electron chi connectivity index (χ4n) is 2.30. The largest absolute Gasteiger partial charge is 0.484 e. The van der Waals surface area contributed by atoms with Gasteiger partial charge in [0.25, 0.3) is 5.91 Å². The van der Waals surface area contributed by atoms with E-state index in [9.17, 15) is 4.79 Å². The van der Waals surface area contributed by atoms with E-state index >= 15 is 0 Å². The molecule has 0 aliphatic heterocycles. The van der Waals surface area contributed by atoms with Gasteiger partial charge in [-0.25, -0.2) is 15.0 Å². The molecular weight excluding hydrogens is 318 g/mol. The molecule has 1 amide bonds. The zero-order chi connectivity index (χ0) is 17.8. The van der Waals surface area contributed by atoms with E-state index in [1.165, 1.54) is 11.9 Å². The minimum absolute atomic E-state index is 0.0913. The van der Waals surface area contributed by atoms with Gasteiger partial charge in [-0.2, -0.15) is 0 Å². The maximum atomic E-state index is 12.1. The first-order valence-electron chi connectivity index (χ1n) is 7.85. The van der Waals surface area contributed by atoms with E-state index in [2.05, 4.69) is 20.3 Å². The fraction of sp³-hybridized carbons (Fsp3) is 0.222. The smallest absolute Gasteiger partial charge is 0.263 e. The predicted molar refractivity (Wildman–Crippen MR) is 93.9 cm³/mol. The van der Waals surface area contributed by atoms with Crippen molar-refractivity contribution in [2.75, 3.05) is 11.9 Å². The van der Waals surface area contributed by atoms with Gasteiger partial charge in [0.1, 0.15) is 29.5 Å². The van der Waals surface area contributed by atoms with Gasteiger partial charge in [-0.1, -0.05) is 6.07 Å². The summed E-state index contributed by atoms with van der Waals surface area (Å²) in [6, 6.07) is 7.41. The topological polar surface area (TPSA) is 81.9 Å². The second kappa shape index (κ2) is 7.12. The van der Waals surface area contributed by atoms with Crippen molar-refractivity contribution in [3.63, 3.8) is 0 Å².